The van der Waals surface area contributed by atoms with Crippen LogP contribution in [-0.4, -0.2) is 26.1 Å². The monoisotopic (exact) mass is 369 g/mol. The van der Waals surface area contributed by atoms with E-state index >= 15 is 0 Å². The van der Waals surface area contributed by atoms with E-state index in [9.17, 15) is 4.79 Å². The van der Waals surface area contributed by atoms with Crippen molar-refractivity contribution in [2.75, 3.05) is 5.32 Å². The molecule has 0 unspecified atom stereocenters. The van der Waals surface area contributed by atoms with Crippen molar-refractivity contribution in [3.05, 3.63) is 58.6 Å². The molecule has 6 nitrogen and oxygen atoms in total. The van der Waals surface area contributed by atoms with Gasteiger partial charge in [-0.25, -0.2) is 0 Å². The molecule has 26 heavy (non-hydrogen) atoms. The first kappa shape index (κ1) is 18.1. The largest absolute Gasteiger partial charge is 0.324 e. The maximum absolute atomic E-state index is 12.2. The summed E-state index contributed by atoms with van der Waals surface area (Å²) in [5.41, 5.74) is 3.70. The molecule has 3 aromatic rings. The summed E-state index contributed by atoms with van der Waals surface area (Å²) in [6.45, 7) is 6.16. The Morgan fingerprint density at radius 2 is 1.92 bits per heavy atom. The van der Waals surface area contributed by atoms with Gasteiger partial charge in [-0.05, 0) is 41.3 Å². The number of hydrogen-bond donors (Lipinski definition) is 1. The molecule has 134 valence electrons. The minimum atomic E-state index is -0.246. The highest BCUT2D eigenvalue weighted by Crippen LogP contribution is 2.20. The zero-order valence-corrected chi connectivity index (χ0v) is 15.7. The SMILES string of the molecule is Cc1ccc(NC(=O)Cn2nnc(-c3ccc(C(C)C)cc3)n2)cc1Cl. The van der Waals surface area contributed by atoms with Gasteiger partial charge in [0.15, 0.2) is 0 Å². The number of nitrogens with one attached hydrogen (secondary N) is 1. The molecule has 0 bridgehead atoms. The lowest BCUT2D eigenvalue weighted by Crippen LogP contribution is -2.20. The predicted octanol–water partition coefficient (Wildman–Crippen LogP) is 4.06. The summed E-state index contributed by atoms with van der Waals surface area (Å²) in [7, 11) is 0. The minimum Gasteiger partial charge on any atom is -0.324 e. The number of nitrogens with zero attached hydrogens (tertiary/aromatic N) is 4. The summed E-state index contributed by atoms with van der Waals surface area (Å²) >= 11 is 6.07. The van der Waals surface area contributed by atoms with Gasteiger partial charge in [-0.1, -0.05) is 55.8 Å². The molecular formula is C19H20ClN5O. The van der Waals surface area contributed by atoms with Gasteiger partial charge < -0.3 is 5.32 Å². The molecule has 0 fully saturated rings. The molecule has 7 heteroatoms. The lowest BCUT2D eigenvalue weighted by atomic mass is 10.0. The molecule has 1 amide bonds. The third-order valence-electron chi connectivity index (χ3n) is 4.03. The average Bonchev–Trinajstić information content (AvgIpc) is 3.06. The standard InChI is InChI=1S/C19H20ClN5O/c1-12(2)14-5-7-15(8-6-14)19-22-24-25(23-19)11-18(26)21-16-9-4-13(3)17(20)10-16/h4-10,12H,11H2,1-3H3,(H,21,26). The van der Waals surface area contributed by atoms with E-state index in [2.05, 4.69) is 46.7 Å². The van der Waals surface area contributed by atoms with E-state index in [1.807, 2.05) is 25.1 Å². The Bertz CT molecular complexity index is 918. The maximum atomic E-state index is 12.2. The topological polar surface area (TPSA) is 72.7 Å². The Kier molecular flexibility index (Phi) is 5.32. The van der Waals surface area contributed by atoms with E-state index in [0.29, 0.717) is 22.5 Å². The summed E-state index contributed by atoms with van der Waals surface area (Å²) in [5.74, 6) is 0.710. The first-order valence-electron chi connectivity index (χ1n) is 8.36. The highest BCUT2D eigenvalue weighted by atomic mass is 35.5. The van der Waals surface area contributed by atoms with E-state index in [1.54, 1.807) is 12.1 Å². The van der Waals surface area contributed by atoms with Crippen LogP contribution in [0, 0.1) is 6.92 Å². The van der Waals surface area contributed by atoms with Gasteiger partial charge in [-0.15, -0.1) is 10.2 Å². The Morgan fingerprint density at radius 1 is 1.19 bits per heavy atom. The fourth-order valence-electron chi connectivity index (χ4n) is 2.44. The van der Waals surface area contributed by atoms with Crippen LogP contribution in [0.3, 0.4) is 0 Å². The predicted molar refractivity (Wildman–Crippen MR) is 102 cm³/mol. The Balaban J connectivity index is 1.65. The van der Waals surface area contributed by atoms with Gasteiger partial charge in [0, 0.05) is 16.3 Å². The van der Waals surface area contributed by atoms with Crippen LogP contribution in [0.25, 0.3) is 11.4 Å². The second-order valence-electron chi connectivity index (χ2n) is 6.43. The number of aromatic nitrogens is 4. The van der Waals surface area contributed by atoms with Crippen molar-refractivity contribution in [1.82, 2.24) is 20.2 Å². The highest BCUT2D eigenvalue weighted by molar-refractivity contribution is 6.31. The van der Waals surface area contributed by atoms with E-state index in [0.717, 1.165) is 11.1 Å². The van der Waals surface area contributed by atoms with Crippen LogP contribution in [0.4, 0.5) is 5.69 Å². The minimum absolute atomic E-state index is 0.0252. The molecule has 0 spiro atoms. The number of rotatable bonds is 5. The smallest absolute Gasteiger partial charge is 0.248 e. The molecule has 3 rings (SSSR count). The third-order valence-corrected chi connectivity index (χ3v) is 4.44. The van der Waals surface area contributed by atoms with E-state index in [1.165, 1.54) is 10.4 Å². The van der Waals surface area contributed by atoms with E-state index in [4.69, 9.17) is 11.6 Å². The Hall–Kier alpha value is -2.73. The van der Waals surface area contributed by atoms with Gasteiger partial charge in [0.1, 0.15) is 6.54 Å². The van der Waals surface area contributed by atoms with Crippen molar-refractivity contribution in [2.45, 2.75) is 33.2 Å². The molecule has 0 aliphatic rings. The molecular weight excluding hydrogens is 350 g/mol. The fraction of sp³-hybridized carbons (Fsp3) is 0.263. The molecule has 0 atom stereocenters. The maximum Gasteiger partial charge on any atom is 0.248 e. The van der Waals surface area contributed by atoms with Gasteiger partial charge in [0.05, 0.1) is 0 Å². The molecule has 1 N–H and O–H groups in total. The molecule has 1 aromatic heterocycles. The van der Waals surface area contributed by atoms with Crippen molar-refractivity contribution in [1.29, 1.82) is 0 Å². The van der Waals surface area contributed by atoms with Gasteiger partial charge in [0.25, 0.3) is 0 Å². The van der Waals surface area contributed by atoms with Gasteiger partial charge in [-0.3, -0.25) is 4.79 Å². The van der Waals surface area contributed by atoms with E-state index < -0.39 is 0 Å². The van der Waals surface area contributed by atoms with Crippen LogP contribution >= 0.6 is 11.6 Å². The number of benzene rings is 2. The summed E-state index contributed by atoms with van der Waals surface area (Å²) in [4.78, 5) is 13.4. The number of tetrazole rings is 1. The number of halogens is 1. The number of amides is 1. The van der Waals surface area contributed by atoms with Crippen molar-refractivity contribution >= 4 is 23.2 Å². The molecule has 0 aliphatic carbocycles. The summed E-state index contributed by atoms with van der Waals surface area (Å²) in [6.07, 6.45) is 0. The van der Waals surface area contributed by atoms with Crippen molar-refractivity contribution < 1.29 is 4.79 Å². The van der Waals surface area contributed by atoms with Crippen LogP contribution in [0.1, 0.15) is 30.9 Å². The molecule has 0 saturated carbocycles. The lowest BCUT2D eigenvalue weighted by Gasteiger charge is -2.06. The Morgan fingerprint density at radius 3 is 2.58 bits per heavy atom. The van der Waals surface area contributed by atoms with Gasteiger partial charge in [0.2, 0.25) is 11.7 Å². The van der Waals surface area contributed by atoms with Crippen molar-refractivity contribution in [3.8, 4) is 11.4 Å². The summed E-state index contributed by atoms with van der Waals surface area (Å²) in [6, 6.07) is 13.4. The van der Waals surface area contributed by atoms with Crippen molar-refractivity contribution in [3.63, 3.8) is 0 Å². The van der Waals surface area contributed by atoms with Gasteiger partial charge in [-0.2, -0.15) is 4.80 Å². The van der Waals surface area contributed by atoms with Crippen LogP contribution in [0.15, 0.2) is 42.5 Å². The van der Waals surface area contributed by atoms with Crippen molar-refractivity contribution in [2.24, 2.45) is 0 Å². The van der Waals surface area contributed by atoms with Crippen LogP contribution in [-0.2, 0) is 11.3 Å². The first-order chi connectivity index (χ1) is 12.4. The van der Waals surface area contributed by atoms with E-state index in [-0.39, 0.29) is 12.5 Å². The number of aryl methyl sites for hydroxylation is 1. The molecule has 0 aliphatic heterocycles. The molecule has 0 radical (unpaired) electrons. The normalized spacial score (nSPS) is 11.0. The quantitative estimate of drug-likeness (QED) is 0.735. The van der Waals surface area contributed by atoms with Crippen LogP contribution in [0.5, 0.6) is 0 Å². The second-order valence-corrected chi connectivity index (χ2v) is 6.84. The average molecular weight is 370 g/mol. The third kappa shape index (κ3) is 4.26. The molecule has 1 heterocycles. The zero-order chi connectivity index (χ0) is 18.7. The highest BCUT2D eigenvalue weighted by Gasteiger charge is 2.10. The zero-order valence-electron chi connectivity index (χ0n) is 14.9. The van der Waals surface area contributed by atoms with Crippen LogP contribution < -0.4 is 5.32 Å². The number of anilines is 1. The number of carbonyl (C=O) groups is 1. The lowest BCUT2D eigenvalue weighted by molar-refractivity contribution is -0.117. The first-order valence-corrected chi connectivity index (χ1v) is 8.74. The van der Waals surface area contributed by atoms with Crippen LogP contribution in [0.2, 0.25) is 5.02 Å². The number of hydrogen-bond acceptors (Lipinski definition) is 4. The van der Waals surface area contributed by atoms with Gasteiger partial charge >= 0.3 is 0 Å². The summed E-state index contributed by atoms with van der Waals surface area (Å²) < 4.78 is 0. The Labute approximate surface area is 157 Å². The fourth-order valence-corrected chi connectivity index (χ4v) is 2.62. The summed E-state index contributed by atoms with van der Waals surface area (Å²) in [5, 5.41) is 15.6. The molecule has 2 aromatic carbocycles. The second kappa shape index (κ2) is 7.66. The number of carbonyl (C=O) groups excluding carboxylic acids is 1. The molecule has 0 saturated heterocycles.